The van der Waals surface area contributed by atoms with Crippen LogP contribution >= 0.6 is 0 Å². The maximum Gasteiger partial charge on any atom is 0.254 e. The van der Waals surface area contributed by atoms with Crippen LogP contribution in [-0.4, -0.2) is 54.4 Å². The molecule has 4 rings (SSSR count). The summed E-state index contributed by atoms with van der Waals surface area (Å²) >= 11 is 0. The van der Waals surface area contributed by atoms with Crippen molar-refractivity contribution in [2.24, 2.45) is 5.10 Å². The molecule has 1 saturated heterocycles. The Kier molecular flexibility index (Phi) is 6.03. The van der Waals surface area contributed by atoms with Crippen LogP contribution in [0, 0.1) is 6.92 Å². The molecule has 0 aliphatic carbocycles. The Morgan fingerprint density at radius 3 is 2.62 bits per heavy atom. The molecule has 0 unspecified atom stereocenters. The highest BCUT2D eigenvalue weighted by molar-refractivity contribution is 6.01. The van der Waals surface area contributed by atoms with Crippen LogP contribution in [0.3, 0.4) is 0 Å². The third-order valence-electron chi connectivity index (χ3n) is 5.32. The molecule has 0 radical (unpaired) electrons. The first kappa shape index (κ1) is 19.4. The Bertz CT molecular complexity index is 1000. The molecule has 6 heteroatoms. The standard InChI is InChI=1S/C23H26N4O2/c1-18-21(15-24-25-23(28)17-26-11-13-29-14-12-26)20-9-5-6-10-22(20)27(18)16-19-7-3-2-4-8-19/h2-10,15H,11-14,16-17H2,1H3,(H,25,28)/b24-15+. The molecule has 3 aromatic rings. The van der Waals surface area contributed by atoms with Crippen molar-refractivity contribution in [3.63, 3.8) is 0 Å². The molecular formula is C23H26N4O2. The number of benzene rings is 2. The summed E-state index contributed by atoms with van der Waals surface area (Å²) in [5.41, 5.74) is 7.24. The summed E-state index contributed by atoms with van der Waals surface area (Å²) in [4.78, 5) is 14.3. The normalized spacial score (nSPS) is 15.2. The summed E-state index contributed by atoms with van der Waals surface area (Å²) < 4.78 is 7.61. The lowest BCUT2D eigenvalue weighted by molar-refractivity contribution is -0.123. The molecule has 0 saturated carbocycles. The quantitative estimate of drug-likeness (QED) is 0.520. The minimum absolute atomic E-state index is 0.103. The number of rotatable bonds is 6. The molecule has 2 heterocycles. The minimum Gasteiger partial charge on any atom is -0.379 e. The van der Waals surface area contributed by atoms with Crippen LogP contribution in [0.4, 0.5) is 0 Å². The highest BCUT2D eigenvalue weighted by atomic mass is 16.5. The van der Waals surface area contributed by atoms with Gasteiger partial charge in [-0.05, 0) is 18.6 Å². The molecule has 1 fully saturated rings. The highest BCUT2D eigenvalue weighted by Crippen LogP contribution is 2.25. The second kappa shape index (κ2) is 9.03. The minimum atomic E-state index is -0.103. The van der Waals surface area contributed by atoms with Crippen molar-refractivity contribution in [1.82, 2.24) is 14.9 Å². The maximum absolute atomic E-state index is 12.2. The number of para-hydroxylation sites is 1. The first-order chi connectivity index (χ1) is 14.2. The Balaban J connectivity index is 1.51. The SMILES string of the molecule is Cc1c(/C=N/NC(=O)CN2CCOCC2)c2ccccc2n1Cc1ccccc1. The van der Waals surface area contributed by atoms with Gasteiger partial charge in [-0.25, -0.2) is 5.43 Å². The number of nitrogens with zero attached hydrogens (tertiary/aromatic N) is 3. The molecule has 1 N–H and O–H groups in total. The van der Waals surface area contributed by atoms with E-state index in [1.807, 2.05) is 18.2 Å². The summed E-state index contributed by atoms with van der Waals surface area (Å²) in [5, 5.41) is 5.37. The fraction of sp³-hybridized carbons (Fsp3) is 0.304. The highest BCUT2D eigenvalue weighted by Gasteiger charge is 2.15. The number of morpholine rings is 1. The zero-order chi connectivity index (χ0) is 20.1. The average molecular weight is 390 g/mol. The van der Waals surface area contributed by atoms with Crippen LogP contribution in [0.25, 0.3) is 10.9 Å². The summed E-state index contributed by atoms with van der Waals surface area (Å²) in [6.07, 6.45) is 1.76. The zero-order valence-electron chi connectivity index (χ0n) is 16.7. The van der Waals surface area contributed by atoms with Gasteiger partial charge in [-0.1, -0.05) is 48.5 Å². The van der Waals surface area contributed by atoms with Gasteiger partial charge in [0, 0.05) is 41.8 Å². The third kappa shape index (κ3) is 4.55. The van der Waals surface area contributed by atoms with Crippen molar-refractivity contribution in [2.45, 2.75) is 13.5 Å². The number of amides is 1. The molecule has 6 nitrogen and oxygen atoms in total. The number of aromatic nitrogens is 1. The van der Waals surface area contributed by atoms with Crippen LogP contribution in [-0.2, 0) is 16.1 Å². The lowest BCUT2D eigenvalue weighted by atomic mass is 10.1. The predicted molar refractivity (Wildman–Crippen MR) is 115 cm³/mol. The number of carbonyl (C=O) groups excluding carboxylic acids is 1. The number of fused-ring (bicyclic) bond motifs is 1. The first-order valence-electron chi connectivity index (χ1n) is 9.96. The van der Waals surface area contributed by atoms with Crippen LogP contribution in [0.1, 0.15) is 16.8 Å². The van der Waals surface area contributed by atoms with E-state index in [2.05, 4.69) is 63.3 Å². The van der Waals surface area contributed by atoms with Crippen LogP contribution in [0.15, 0.2) is 59.7 Å². The Morgan fingerprint density at radius 2 is 1.83 bits per heavy atom. The molecule has 0 bridgehead atoms. The molecular weight excluding hydrogens is 364 g/mol. The Morgan fingerprint density at radius 1 is 1.10 bits per heavy atom. The van der Waals surface area contributed by atoms with E-state index in [9.17, 15) is 4.79 Å². The van der Waals surface area contributed by atoms with E-state index < -0.39 is 0 Å². The Labute approximate surface area is 170 Å². The zero-order valence-corrected chi connectivity index (χ0v) is 16.7. The fourth-order valence-corrected chi connectivity index (χ4v) is 3.76. The van der Waals surface area contributed by atoms with Crippen molar-refractivity contribution < 1.29 is 9.53 Å². The fourth-order valence-electron chi connectivity index (χ4n) is 3.76. The summed E-state index contributed by atoms with van der Waals surface area (Å²) in [5.74, 6) is -0.103. The second-order valence-electron chi connectivity index (χ2n) is 7.27. The molecule has 1 aromatic heterocycles. The van der Waals surface area contributed by atoms with Gasteiger partial charge in [0.25, 0.3) is 5.91 Å². The van der Waals surface area contributed by atoms with E-state index in [0.717, 1.165) is 41.8 Å². The summed E-state index contributed by atoms with van der Waals surface area (Å²) in [6, 6.07) is 18.7. The number of ether oxygens (including phenoxy) is 1. The number of nitrogens with one attached hydrogen (secondary N) is 1. The number of hydrogen-bond donors (Lipinski definition) is 1. The van der Waals surface area contributed by atoms with Crippen molar-refractivity contribution in [3.05, 3.63) is 71.4 Å². The van der Waals surface area contributed by atoms with Crippen LogP contribution in [0.5, 0.6) is 0 Å². The van der Waals surface area contributed by atoms with Crippen molar-refractivity contribution in [3.8, 4) is 0 Å². The molecule has 2 aromatic carbocycles. The first-order valence-corrected chi connectivity index (χ1v) is 9.96. The van der Waals surface area contributed by atoms with Gasteiger partial charge in [-0.3, -0.25) is 9.69 Å². The van der Waals surface area contributed by atoms with Crippen molar-refractivity contribution in [1.29, 1.82) is 0 Å². The lowest BCUT2D eigenvalue weighted by Crippen LogP contribution is -2.42. The molecule has 1 amide bonds. The van der Waals surface area contributed by atoms with E-state index in [4.69, 9.17) is 4.74 Å². The van der Waals surface area contributed by atoms with E-state index in [-0.39, 0.29) is 5.91 Å². The van der Waals surface area contributed by atoms with Gasteiger partial charge in [0.15, 0.2) is 0 Å². The molecule has 0 atom stereocenters. The topological polar surface area (TPSA) is 58.9 Å². The van der Waals surface area contributed by atoms with E-state index in [0.29, 0.717) is 19.8 Å². The predicted octanol–water partition coefficient (Wildman–Crippen LogP) is 2.78. The maximum atomic E-state index is 12.2. The summed E-state index contributed by atoms with van der Waals surface area (Å²) in [6.45, 7) is 6.15. The van der Waals surface area contributed by atoms with Crippen molar-refractivity contribution >= 4 is 23.0 Å². The molecule has 1 aliphatic rings. The van der Waals surface area contributed by atoms with Gasteiger partial charge >= 0.3 is 0 Å². The van der Waals surface area contributed by atoms with Gasteiger partial charge < -0.3 is 9.30 Å². The lowest BCUT2D eigenvalue weighted by Gasteiger charge is -2.25. The van der Waals surface area contributed by atoms with Gasteiger partial charge in [0.05, 0.1) is 26.0 Å². The summed E-state index contributed by atoms with van der Waals surface area (Å²) in [7, 11) is 0. The number of carbonyl (C=O) groups is 1. The van der Waals surface area contributed by atoms with Crippen LogP contribution < -0.4 is 5.43 Å². The van der Waals surface area contributed by atoms with Gasteiger partial charge in [-0.2, -0.15) is 5.10 Å². The molecule has 0 spiro atoms. The molecule has 1 aliphatic heterocycles. The average Bonchev–Trinajstić information content (AvgIpc) is 3.01. The van der Waals surface area contributed by atoms with E-state index in [1.165, 1.54) is 5.56 Å². The van der Waals surface area contributed by atoms with E-state index >= 15 is 0 Å². The number of hydrogen-bond acceptors (Lipinski definition) is 4. The van der Waals surface area contributed by atoms with Gasteiger partial charge in [-0.15, -0.1) is 0 Å². The van der Waals surface area contributed by atoms with Gasteiger partial charge in [0.1, 0.15) is 0 Å². The largest absolute Gasteiger partial charge is 0.379 e. The van der Waals surface area contributed by atoms with Crippen molar-refractivity contribution in [2.75, 3.05) is 32.8 Å². The molecule has 150 valence electrons. The monoisotopic (exact) mass is 390 g/mol. The molecule has 29 heavy (non-hydrogen) atoms. The third-order valence-corrected chi connectivity index (χ3v) is 5.32. The smallest absolute Gasteiger partial charge is 0.254 e. The second-order valence-corrected chi connectivity index (χ2v) is 7.27. The van der Waals surface area contributed by atoms with E-state index in [1.54, 1.807) is 6.21 Å². The van der Waals surface area contributed by atoms with Crippen LogP contribution in [0.2, 0.25) is 0 Å². The van der Waals surface area contributed by atoms with Gasteiger partial charge in [0.2, 0.25) is 0 Å². The Hall–Kier alpha value is -2.96. The number of hydrazone groups is 1.